The van der Waals surface area contributed by atoms with Crippen LogP contribution in [0.25, 0.3) is 21.1 Å². The van der Waals surface area contributed by atoms with Crippen molar-refractivity contribution in [3.8, 4) is 32.6 Å². The Morgan fingerprint density at radius 1 is 0.661 bits per heavy atom. The molecule has 676 valence electrons. The fourth-order valence-corrected chi connectivity index (χ4v) is 13.6. The lowest BCUT2D eigenvalue weighted by Crippen LogP contribution is -2.64. The third-order valence-corrected chi connectivity index (χ3v) is 20.1. The van der Waals surface area contributed by atoms with E-state index in [-0.39, 0.29) is 68.2 Å². The van der Waals surface area contributed by atoms with E-state index in [9.17, 15) is 122 Å². The Hall–Kier alpha value is -10.5. The number of aromatic nitrogens is 3. The molecular weight excluding hydrogens is 1680 g/mol. The van der Waals surface area contributed by atoms with E-state index in [1.807, 2.05) is 12.1 Å². The number of rotatable bonds is 17. The highest BCUT2D eigenvalue weighted by Crippen LogP contribution is 2.37. The van der Waals surface area contributed by atoms with Crippen molar-refractivity contribution in [1.82, 2.24) is 56.5 Å². The molecule has 2 aromatic heterocycles. The number of anilines is 1. The molecule has 7 amide bonds. The van der Waals surface area contributed by atoms with Gasteiger partial charge in [-0.25, -0.2) is 14.6 Å². The highest BCUT2D eigenvalue weighted by atomic mass is 32.1. The first-order chi connectivity index (χ1) is 56.5. The summed E-state index contributed by atoms with van der Waals surface area (Å²) in [5, 5.41) is 130. The second-order valence-electron chi connectivity index (χ2n) is 28.0. The van der Waals surface area contributed by atoms with E-state index < -0.39 is 189 Å². The van der Waals surface area contributed by atoms with Gasteiger partial charge in [0.1, 0.15) is 52.1 Å². The molecule has 5 aliphatic rings. The number of phenolic OH excluding ortho intramolecular Hbond substituents is 1. The number of amides is 7. The minimum absolute atomic E-state index is 0.00525. The van der Waals surface area contributed by atoms with Gasteiger partial charge < -0.3 is 114 Å². The van der Waals surface area contributed by atoms with Crippen molar-refractivity contribution in [3.05, 3.63) is 71.9 Å². The molecule has 0 spiro atoms. The number of aliphatic hydroxyl groups is 6. The maximum atomic E-state index is 14.7. The van der Waals surface area contributed by atoms with Crippen LogP contribution in [0, 0.1) is 11.8 Å². The second kappa shape index (κ2) is 47.1. The average Bonchev–Trinajstić information content (AvgIpc) is 1.66. The Bertz CT molecular complexity index is 4010. The van der Waals surface area contributed by atoms with Gasteiger partial charge in [-0.3, -0.25) is 48.1 Å². The Morgan fingerprint density at radius 3 is 1.70 bits per heavy atom. The number of aliphatic carboxylic acids is 2. The summed E-state index contributed by atoms with van der Waals surface area (Å²) in [7, 11) is 0. The number of fused-ring (bicyclic) bond motifs is 2. The van der Waals surface area contributed by atoms with E-state index in [0.717, 1.165) is 60.2 Å². The maximum absolute atomic E-state index is 14.7. The summed E-state index contributed by atoms with van der Waals surface area (Å²) in [5.41, 5.74) is 13.1. The van der Waals surface area contributed by atoms with Crippen LogP contribution in [-0.4, -0.2) is 321 Å². The molecular formula is C71H94F12N14O23S. The number of pyridine rings is 1. The number of hydrogen-bond donors (Lipinski definition) is 18. The number of phenols is 1. The summed E-state index contributed by atoms with van der Waals surface area (Å²) in [6, 6.07) is 3.93. The zero-order chi connectivity index (χ0) is 91.4. The van der Waals surface area contributed by atoms with Gasteiger partial charge in [-0.2, -0.15) is 52.7 Å². The molecule has 5 fully saturated rings. The molecule has 9 rings (SSSR count). The molecule has 0 radical (unpaired) electrons. The molecule has 4 aromatic rings. The smallest absolute Gasteiger partial charge is 0.490 e. The van der Waals surface area contributed by atoms with Crippen LogP contribution in [0.1, 0.15) is 88.1 Å². The third kappa shape index (κ3) is 31.2. The summed E-state index contributed by atoms with van der Waals surface area (Å²) in [5.74, 6) is -12.4. The largest absolute Gasteiger partial charge is 0.504 e. The van der Waals surface area contributed by atoms with Crippen molar-refractivity contribution >= 4 is 83.4 Å². The second-order valence-corrected chi connectivity index (χ2v) is 29.0. The van der Waals surface area contributed by atoms with Gasteiger partial charge in [0.25, 0.3) is 18.9 Å². The number of alkyl halides is 12. The van der Waals surface area contributed by atoms with Crippen molar-refractivity contribution in [2.45, 2.75) is 182 Å². The zero-order valence-electron chi connectivity index (χ0n) is 64.6. The lowest BCUT2D eigenvalue weighted by atomic mass is 9.86. The van der Waals surface area contributed by atoms with Crippen LogP contribution >= 0.6 is 11.3 Å². The van der Waals surface area contributed by atoms with Crippen molar-refractivity contribution in [3.63, 3.8) is 0 Å². The van der Waals surface area contributed by atoms with Crippen LogP contribution in [0.15, 0.2) is 60.8 Å². The summed E-state index contributed by atoms with van der Waals surface area (Å²) in [6.07, 6.45) is -26.8. The molecule has 4 saturated heterocycles. The number of nitrogens with one attached hydrogen (secondary N) is 5. The SMILES string of the molecule is CC1CCC(N2CCN(c3ccc(-c4nnc(-c5ccc(C(=O)N[C@H]6C[C@@H](O)CNC(=O)[C@@H]7[C@@H](O)[C@@H](C)CN7C(=O)[C@H]([C@H](O)CCN)NC(=O)[C@H]([C@H](O)Cc7ccc(O)c(OCCCN)c7)NC(=O)[C@@H]7C[C@@H](O)CN7C(=O)[C@H]([C@@H](C)O)NC6=O)cc5)s4)cn3)CC2)CC1.FC(F)(F)C(F)(F)F.O=C(O)C(F)(F)F.O=C(O)C(F)(F)F.O=CO.O=CO. The molecule has 1 saturated carbocycles. The molecule has 13 atom stereocenters. The Kier molecular flexibility index (Phi) is 40.0. The van der Waals surface area contributed by atoms with Crippen molar-refractivity contribution in [1.29, 1.82) is 0 Å². The fourth-order valence-electron chi connectivity index (χ4n) is 12.8. The monoisotopic (exact) mass is 1770 g/mol. The highest BCUT2D eigenvalue weighted by Gasteiger charge is 2.59. The number of benzene rings is 2. The fraction of sp³-hybridized carbons (Fsp3) is 0.577. The number of carbonyl (C=O) groups excluding carboxylic acids is 7. The van der Waals surface area contributed by atoms with Gasteiger partial charge in [0.05, 0.1) is 43.2 Å². The number of β-amino-alcohol motifs (C(OH)–C–C–N with tert-alkyl or cyclic N) is 1. The predicted molar refractivity (Wildman–Crippen MR) is 396 cm³/mol. The minimum atomic E-state index is -6.06. The lowest BCUT2D eigenvalue weighted by molar-refractivity contribution is -0.339. The standard InChI is InChI=1S/C63H88N14O15S.C2F6.2C2HF3O2.2CH2O2/c1-33-5-13-40(14-6-33)74-20-22-75(23-21-74)49-16-12-39(29-66-49)61-73-72-60(93-61)38-10-8-37(9-11-38)55(85)68-43-27-41(79)30-67-59(89)53-54(84)34(2)31-77(53)63(91)52(46(82)17-19-65)71-58(88)51(47(83)25-36-7-15-45(81)48(26-36)92-24-4-18-64)70-57(87)44-28-42(80)32-76(44)62(90)50(35(3)78)69-56(43)86;3-1(4,5)2(6,7)8;2*3-2(4,5)1(6)7;2*2-1-3/h7-12,15-16,26,29,33-35,40-44,46-47,50-54,78-84H,4-6,13-14,17-25,27-28,30-32,64-65H2,1-3H3,(H,67,89)(H,68,85)(H,69,86)(H,70,87)(H,71,88);;2*(H,6,7);2*1H,(H,2,3)/t33?,34-,35+,40?,41+,42+,43-,44-,46+,47+,50-,51-,52-,53-,54-;;;;;/m0...../s1. The molecule has 0 unspecified atom stereocenters. The quantitative estimate of drug-likeness (QED) is 0.0388. The van der Waals surface area contributed by atoms with E-state index in [1.165, 1.54) is 67.4 Å². The highest BCUT2D eigenvalue weighted by molar-refractivity contribution is 7.17. The molecule has 0 bridgehead atoms. The van der Waals surface area contributed by atoms with Crippen LogP contribution < -0.4 is 47.7 Å². The number of carboxylic acid groups (broad SMARTS) is 4. The average molecular weight is 1770 g/mol. The Morgan fingerprint density at radius 2 is 1.19 bits per heavy atom. The number of carboxylic acids is 2. The molecule has 4 aliphatic heterocycles. The van der Waals surface area contributed by atoms with Crippen molar-refractivity contribution in [2.24, 2.45) is 23.3 Å². The van der Waals surface area contributed by atoms with Gasteiger partial charge in [-0.05, 0) is 106 Å². The number of aromatic hydroxyl groups is 1. The van der Waals surface area contributed by atoms with E-state index in [4.69, 9.17) is 60.8 Å². The molecule has 6 heterocycles. The van der Waals surface area contributed by atoms with Crippen LogP contribution in [0.3, 0.4) is 0 Å². The predicted octanol–water partition coefficient (Wildman–Crippen LogP) is 0.477. The normalized spacial score (nSPS) is 24.3. The molecule has 37 nitrogen and oxygen atoms in total. The molecule has 1 aliphatic carbocycles. The Labute approximate surface area is 684 Å². The number of aliphatic hydroxyl groups excluding tert-OH is 6. The van der Waals surface area contributed by atoms with Crippen LogP contribution in [0.4, 0.5) is 58.5 Å². The third-order valence-electron chi connectivity index (χ3n) is 19.0. The van der Waals surface area contributed by atoms with Crippen LogP contribution in [0.5, 0.6) is 11.5 Å². The number of ether oxygens (including phenoxy) is 1. The first-order valence-electron chi connectivity index (χ1n) is 36.8. The van der Waals surface area contributed by atoms with Gasteiger partial charge in [-0.15, -0.1) is 10.2 Å². The van der Waals surface area contributed by atoms with Gasteiger partial charge in [-0.1, -0.05) is 43.4 Å². The first-order valence-corrected chi connectivity index (χ1v) is 37.6. The summed E-state index contributed by atoms with van der Waals surface area (Å²) in [4.78, 5) is 148. The number of piperazine rings is 1. The molecule has 2 aromatic carbocycles. The van der Waals surface area contributed by atoms with Crippen molar-refractivity contribution in [2.75, 3.05) is 70.4 Å². The van der Waals surface area contributed by atoms with E-state index >= 15 is 0 Å². The summed E-state index contributed by atoms with van der Waals surface area (Å²) >= 11 is 1.32. The molecule has 121 heavy (non-hydrogen) atoms. The number of carbonyl (C=O) groups is 11. The van der Waals surface area contributed by atoms with Gasteiger partial charge in [0.2, 0.25) is 35.4 Å². The van der Waals surface area contributed by atoms with Crippen LogP contribution in [-0.2, 0) is 54.4 Å². The van der Waals surface area contributed by atoms with E-state index in [0.29, 0.717) is 28.0 Å². The maximum Gasteiger partial charge on any atom is 0.490 e. The lowest BCUT2D eigenvalue weighted by Gasteiger charge is -2.42. The zero-order valence-corrected chi connectivity index (χ0v) is 65.4. The number of nitrogens with zero attached hydrogens (tertiary/aromatic N) is 7. The number of halogens is 12. The van der Waals surface area contributed by atoms with E-state index in [2.05, 4.69) is 53.5 Å². The minimum Gasteiger partial charge on any atom is -0.504 e. The first kappa shape index (κ1) is 103. The van der Waals surface area contributed by atoms with Crippen molar-refractivity contribution < 1.29 is 166 Å². The molecule has 50 heteroatoms. The van der Waals surface area contributed by atoms with Gasteiger partial charge in [0, 0.05) is 99.9 Å². The van der Waals surface area contributed by atoms with Crippen LogP contribution in [0.2, 0.25) is 0 Å². The summed E-state index contributed by atoms with van der Waals surface area (Å²) in [6.45, 7) is 7.04. The van der Waals surface area contributed by atoms with Gasteiger partial charge >= 0.3 is 36.6 Å². The Balaban J connectivity index is 0.000000944. The van der Waals surface area contributed by atoms with E-state index in [1.54, 1.807) is 25.3 Å². The number of nitrogens with two attached hydrogens (primary N) is 2. The summed E-state index contributed by atoms with van der Waals surface area (Å²) < 4.78 is 132. The number of hydrogen-bond acceptors (Lipinski definition) is 27. The molecule has 20 N–H and O–H groups in total. The van der Waals surface area contributed by atoms with Gasteiger partial charge in [0.15, 0.2) is 11.5 Å². The topological polar surface area (TPSA) is 583 Å².